The van der Waals surface area contributed by atoms with Crippen LogP contribution < -0.4 is 5.32 Å². The molecule has 2 aromatic rings. The van der Waals surface area contributed by atoms with E-state index < -0.39 is 21.4 Å². The van der Waals surface area contributed by atoms with Crippen LogP contribution in [0.25, 0.3) is 0 Å². The van der Waals surface area contributed by atoms with Gasteiger partial charge in [-0.2, -0.15) is 0 Å². The number of benzene rings is 2. The summed E-state index contributed by atoms with van der Waals surface area (Å²) in [6.45, 7) is 0.557. The van der Waals surface area contributed by atoms with E-state index in [0.29, 0.717) is 12.3 Å². The third-order valence-electron chi connectivity index (χ3n) is 5.37. The minimum atomic E-state index is -1.28. The van der Waals surface area contributed by atoms with Crippen LogP contribution in [0, 0.1) is 0 Å². The number of alkyl halides is 1. The Morgan fingerprint density at radius 3 is 2.26 bits per heavy atom. The molecule has 7 heteroatoms. The zero-order valence-corrected chi connectivity index (χ0v) is 19.9. The fraction of sp³-hybridized carbons (Fsp3) is 0.417. The van der Waals surface area contributed by atoms with Gasteiger partial charge in [-0.1, -0.05) is 89.4 Å². The van der Waals surface area contributed by atoms with Gasteiger partial charge in [0.1, 0.15) is 12.3 Å². The normalized spacial score (nSPS) is 19.0. The monoisotopic (exact) mass is 504 g/mol. The number of carbonyl (C=O) groups excluding carboxylic acids is 2. The minimum absolute atomic E-state index is 0.0415. The van der Waals surface area contributed by atoms with Crippen molar-refractivity contribution in [2.75, 3.05) is 13.1 Å². The van der Waals surface area contributed by atoms with Crippen molar-refractivity contribution in [3.63, 3.8) is 0 Å². The first kappa shape index (κ1) is 23.8. The van der Waals surface area contributed by atoms with Crippen molar-refractivity contribution in [2.45, 2.75) is 48.1 Å². The van der Waals surface area contributed by atoms with Gasteiger partial charge in [0, 0.05) is 12.1 Å². The average Bonchev–Trinajstić information content (AvgIpc) is 2.79. The molecular weight excluding hydrogens is 476 g/mol. The van der Waals surface area contributed by atoms with E-state index in [1.54, 1.807) is 0 Å². The second kappa shape index (κ2) is 12.3. The molecule has 3 unspecified atom stereocenters. The molecule has 0 spiro atoms. The third kappa shape index (κ3) is 7.09. The number of nitrogens with zero attached hydrogens (tertiary/aromatic N) is 1. The summed E-state index contributed by atoms with van der Waals surface area (Å²) in [6.07, 6.45) is 5.32. The number of nitrogens with one attached hydrogen (secondary N) is 1. The van der Waals surface area contributed by atoms with E-state index in [1.165, 1.54) is 10.5 Å². The highest BCUT2D eigenvalue weighted by Crippen LogP contribution is 2.32. The lowest BCUT2D eigenvalue weighted by Crippen LogP contribution is -2.67. The number of carbonyl (C=O) groups is 2. The Kier molecular flexibility index (Phi) is 9.43. The molecule has 1 heterocycles. The number of rotatable bonds is 12. The number of aryl methyl sites for hydroxylation is 1. The van der Waals surface area contributed by atoms with E-state index >= 15 is 0 Å². The molecule has 166 valence electrons. The zero-order valence-electron chi connectivity index (χ0n) is 17.5. The highest BCUT2D eigenvalue weighted by Gasteiger charge is 2.53. The van der Waals surface area contributed by atoms with Gasteiger partial charge in [-0.05, 0) is 36.0 Å². The largest absolute Gasteiger partial charge is 0.614 e. The summed E-state index contributed by atoms with van der Waals surface area (Å²) >= 11 is 2.05. The zero-order chi connectivity index (χ0) is 22.1. The van der Waals surface area contributed by atoms with Crippen molar-refractivity contribution in [3.8, 4) is 0 Å². The molecule has 0 aromatic heterocycles. The Morgan fingerprint density at radius 2 is 1.58 bits per heavy atom. The van der Waals surface area contributed by atoms with E-state index in [1.807, 2.05) is 36.4 Å². The Balaban J connectivity index is 1.32. The molecular formula is C24H29BrN2O3S. The van der Waals surface area contributed by atoms with Crippen molar-refractivity contribution in [1.29, 1.82) is 0 Å². The molecule has 0 radical (unpaired) electrons. The standard InChI is InChI=1S/C24H29BrN2O3S/c25-22-23(29)27(24(22)31(30)18-20-14-8-4-9-15-20)17-21(28)26-16-10-2-1-5-11-19-12-6-3-7-13-19/h3-4,6-9,12-15,22,24H,1-2,5,10-11,16-18H2,(H,26,28). The van der Waals surface area contributed by atoms with Crippen LogP contribution in [0.5, 0.6) is 0 Å². The van der Waals surface area contributed by atoms with Crippen LogP contribution in [0.3, 0.4) is 0 Å². The van der Waals surface area contributed by atoms with Crippen molar-refractivity contribution < 1.29 is 14.1 Å². The topological polar surface area (TPSA) is 72.5 Å². The van der Waals surface area contributed by atoms with Crippen LogP contribution in [0.15, 0.2) is 60.7 Å². The molecule has 3 atom stereocenters. The van der Waals surface area contributed by atoms with Gasteiger partial charge >= 0.3 is 0 Å². The summed E-state index contributed by atoms with van der Waals surface area (Å²) in [4.78, 5) is 25.4. The maximum absolute atomic E-state index is 12.8. The molecule has 0 saturated carbocycles. The molecule has 1 N–H and O–H groups in total. The maximum atomic E-state index is 12.8. The molecule has 0 bridgehead atoms. The molecule has 2 amide bonds. The summed E-state index contributed by atoms with van der Waals surface area (Å²) in [5, 5.41) is 2.41. The Labute approximate surface area is 195 Å². The molecule has 1 fully saturated rings. The van der Waals surface area contributed by atoms with Crippen molar-refractivity contribution >= 4 is 38.9 Å². The quantitative estimate of drug-likeness (QED) is 0.207. The fourth-order valence-electron chi connectivity index (χ4n) is 3.64. The second-order valence-corrected chi connectivity index (χ2v) is 10.3. The summed E-state index contributed by atoms with van der Waals surface area (Å²) in [5.74, 6) is -0.0108. The molecule has 1 aliphatic rings. The number of likely N-dealkylation sites (tertiary alicyclic amines) is 1. The first-order valence-corrected chi connectivity index (χ1v) is 13.0. The van der Waals surface area contributed by atoms with E-state index in [0.717, 1.165) is 37.7 Å². The molecule has 5 nitrogen and oxygen atoms in total. The minimum Gasteiger partial charge on any atom is -0.614 e. The average molecular weight is 505 g/mol. The highest BCUT2D eigenvalue weighted by molar-refractivity contribution is 9.10. The van der Waals surface area contributed by atoms with Gasteiger partial charge in [-0.3, -0.25) is 14.5 Å². The summed E-state index contributed by atoms with van der Waals surface area (Å²) in [6, 6.07) is 20.0. The predicted molar refractivity (Wildman–Crippen MR) is 128 cm³/mol. The number of halogens is 1. The number of hydrogen-bond acceptors (Lipinski definition) is 3. The van der Waals surface area contributed by atoms with Gasteiger partial charge < -0.3 is 9.87 Å². The SMILES string of the molecule is O=C(CN1C(=O)C(Br)C1[S+]([O-])Cc1ccccc1)NCCCCCCc1ccccc1. The maximum Gasteiger partial charge on any atom is 0.247 e. The number of unbranched alkanes of at least 4 members (excludes halogenated alkanes) is 3. The van der Waals surface area contributed by atoms with Crippen molar-refractivity contribution in [3.05, 3.63) is 71.8 Å². The van der Waals surface area contributed by atoms with Crippen molar-refractivity contribution in [2.24, 2.45) is 0 Å². The summed E-state index contributed by atoms with van der Waals surface area (Å²) in [5.41, 5.74) is 2.32. The Bertz CT molecular complexity index is 837. The lowest BCUT2D eigenvalue weighted by molar-refractivity contribution is -0.144. The molecule has 31 heavy (non-hydrogen) atoms. The van der Waals surface area contributed by atoms with E-state index in [4.69, 9.17) is 0 Å². The van der Waals surface area contributed by atoms with Gasteiger partial charge in [-0.25, -0.2) is 0 Å². The summed E-state index contributed by atoms with van der Waals surface area (Å²) in [7, 11) is 0. The number of β-lactam (4-membered cyclic amide) rings is 1. The molecule has 0 aliphatic carbocycles. The van der Waals surface area contributed by atoms with Crippen LogP contribution in [-0.4, -0.2) is 44.6 Å². The van der Waals surface area contributed by atoms with Crippen LogP contribution in [0.2, 0.25) is 0 Å². The first-order valence-electron chi connectivity index (χ1n) is 10.7. The van der Waals surface area contributed by atoms with Crippen LogP contribution in [0.4, 0.5) is 0 Å². The predicted octanol–water partition coefficient (Wildman–Crippen LogP) is 3.79. The van der Waals surface area contributed by atoms with Crippen LogP contribution in [-0.2, 0) is 32.9 Å². The van der Waals surface area contributed by atoms with Gasteiger partial charge in [0.05, 0.1) is 0 Å². The molecule has 2 aromatic carbocycles. The Hall–Kier alpha value is -1.83. The van der Waals surface area contributed by atoms with Gasteiger partial charge in [0.15, 0.2) is 4.83 Å². The molecule has 3 rings (SSSR count). The van der Waals surface area contributed by atoms with E-state index in [9.17, 15) is 14.1 Å². The fourth-order valence-corrected chi connectivity index (χ4v) is 6.45. The second-order valence-electron chi connectivity index (χ2n) is 7.77. The van der Waals surface area contributed by atoms with Crippen LogP contribution >= 0.6 is 15.9 Å². The van der Waals surface area contributed by atoms with E-state index in [-0.39, 0.29) is 18.4 Å². The molecule has 1 aliphatic heterocycles. The third-order valence-corrected chi connectivity index (χ3v) is 8.29. The van der Waals surface area contributed by atoms with Gasteiger partial charge in [-0.15, -0.1) is 0 Å². The van der Waals surface area contributed by atoms with Gasteiger partial charge in [0.25, 0.3) is 0 Å². The van der Waals surface area contributed by atoms with Crippen LogP contribution in [0.1, 0.15) is 36.8 Å². The highest BCUT2D eigenvalue weighted by atomic mass is 79.9. The van der Waals surface area contributed by atoms with Crippen molar-refractivity contribution in [1.82, 2.24) is 10.2 Å². The van der Waals surface area contributed by atoms with E-state index in [2.05, 4.69) is 45.5 Å². The lowest BCUT2D eigenvalue weighted by Gasteiger charge is -2.43. The van der Waals surface area contributed by atoms with Gasteiger partial charge in [0.2, 0.25) is 17.2 Å². The first-order chi connectivity index (χ1) is 15.1. The summed E-state index contributed by atoms with van der Waals surface area (Å²) < 4.78 is 12.8. The molecule has 1 saturated heterocycles. The lowest BCUT2D eigenvalue weighted by atomic mass is 10.1. The number of amides is 2. The number of hydrogen-bond donors (Lipinski definition) is 1. The Morgan fingerprint density at radius 1 is 0.968 bits per heavy atom. The smallest absolute Gasteiger partial charge is 0.247 e.